The average Bonchev–Trinajstić information content (AvgIpc) is 2.62. The van der Waals surface area contributed by atoms with E-state index in [4.69, 9.17) is 0 Å². The maximum Gasteiger partial charge on any atom is 0.0707 e. The molecule has 2 aromatic rings. The summed E-state index contributed by atoms with van der Waals surface area (Å²) in [6.07, 6.45) is 2.05. The van der Waals surface area contributed by atoms with E-state index in [1.807, 2.05) is 0 Å². The number of aliphatic hydroxyl groups excluding tert-OH is 1. The summed E-state index contributed by atoms with van der Waals surface area (Å²) in [7, 11) is 0. The minimum absolute atomic E-state index is 0.129. The van der Waals surface area contributed by atoms with E-state index in [1.54, 1.807) is 23.1 Å². The van der Waals surface area contributed by atoms with Crippen LogP contribution in [-0.2, 0) is 6.61 Å². The van der Waals surface area contributed by atoms with Gasteiger partial charge in [-0.15, -0.1) is 23.1 Å². The molecule has 0 radical (unpaired) electrons. The van der Waals surface area contributed by atoms with Crippen molar-refractivity contribution in [2.24, 2.45) is 0 Å². The Hall–Kier alpha value is 0.220. The quantitative estimate of drug-likeness (QED) is 0.666. The highest BCUT2D eigenvalue weighted by molar-refractivity contribution is 14.1. The van der Waals surface area contributed by atoms with Gasteiger partial charge < -0.3 is 5.11 Å². The molecule has 0 aliphatic heterocycles. The zero-order chi connectivity index (χ0) is 10.1. The van der Waals surface area contributed by atoms with Crippen molar-refractivity contribution in [3.05, 3.63) is 26.6 Å². The third-order valence-corrected chi connectivity index (χ3v) is 5.19. The number of rotatable bonds is 2. The lowest BCUT2D eigenvalue weighted by Crippen LogP contribution is -1.90. The first kappa shape index (κ1) is 10.7. The second kappa shape index (κ2) is 4.38. The Balaban J connectivity index is 2.82. The molecule has 1 N–H and O–H groups in total. The van der Waals surface area contributed by atoms with Crippen molar-refractivity contribution in [3.8, 4) is 0 Å². The van der Waals surface area contributed by atoms with Gasteiger partial charge in [-0.3, -0.25) is 0 Å². The van der Waals surface area contributed by atoms with E-state index in [1.165, 1.54) is 18.6 Å². The highest BCUT2D eigenvalue weighted by Crippen LogP contribution is 2.35. The van der Waals surface area contributed by atoms with Gasteiger partial charge in [-0.05, 0) is 51.7 Å². The Bertz CT molecular complexity index is 464. The highest BCUT2D eigenvalue weighted by atomic mass is 127. The van der Waals surface area contributed by atoms with Gasteiger partial charge in [0.05, 0.1) is 6.61 Å². The standard InChI is InChI=1S/C10H9IOS2/c1-13-10-7(5-12)9-6(2-3-14-9)4-8(10)11/h2-4,12H,5H2,1H3. The molecule has 0 atom stereocenters. The lowest BCUT2D eigenvalue weighted by molar-refractivity contribution is 0.280. The number of hydrogen-bond acceptors (Lipinski definition) is 3. The van der Waals surface area contributed by atoms with Crippen LogP contribution < -0.4 is 0 Å². The van der Waals surface area contributed by atoms with Crippen LogP contribution in [-0.4, -0.2) is 11.4 Å². The van der Waals surface area contributed by atoms with Crippen LogP contribution in [0.4, 0.5) is 0 Å². The van der Waals surface area contributed by atoms with Gasteiger partial charge in [-0.25, -0.2) is 0 Å². The number of fused-ring (bicyclic) bond motifs is 1. The summed E-state index contributed by atoms with van der Waals surface area (Å²) < 4.78 is 2.45. The Kier molecular flexibility index (Phi) is 3.36. The molecule has 14 heavy (non-hydrogen) atoms. The largest absolute Gasteiger partial charge is 0.392 e. The van der Waals surface area contributed by atoms with Crippen LogP contribution in [0.2, 0.25) is 0 Å². The fourth-order valence-corrected chi connectivity index (χ4v) is 4.47. The van der Waals surface area contributed by atoms with Gasteiger partial charge in [0, 0.05) is 18.7 Å². The summed E-state index contributed by atoms with van der Waals surface area (Å²) >= 11 is 5.73. The third kappa shape index (κ3) is 1.68. The highest BCUT2D eigenvalue weighted by Gasteiger charge is 2.11. The molecule has 2 rings (SSSR count). The normalized spacial score (nSPS) is 11.1. The molecule has 1 aromatic carbocycles. The molecule has 0 unspecified atom stereocenters. The van der Waals surface area contributed by atoms with E-state index in [-0.39, 0.29) is 6.61 Å². The van der Waals surface area contributed by atoms with E-state index in [9.17, 15) is 5.11 Å². The lowest BCUT2D eigenvalue weighted by Gasteiger charge is -2.08. The maximum absolute atomic E-state index is 9.38. The summed E-state index contributed by atoms with van der Waals surface area (Å²) in [6.45, 7) is 0.129. The zero-order valence-corrected chi connectivity index (χ0v) is 11.4. The van der Waals surface area contributed by atoms with Gasteiger partial charge in [0.15, 0.2) is 0 Å². The molecular weight excluding hydrogens is 327 g/mol. The molecular formula is C10H9IOS2. The van der Waals surface area contributed by atoms with Crippen LogP contribution in [0.15, 0.2) is 22.4 Å². The number of hydrogen-bond donors (Lipinski definition) is 1. The van der Waals surface area contributed by atoms with Gasteiger partial charge in [0.1, 0.15) is 0 Å². The molecule has 0 aliphatic carbocycles. The van der Waals surface area contributed by atoms with Gasteiger partial charge in [-0.1, -0.05) is 0 Å². The number of thioether (sulfide) groups is 1. The minimum atomic E-state index is 0.129. The summed E-state index contributed by atoms with van der Waals surface area (Å²) in [5.41, 5.74) is 1.08. The van der Waals surface area contributed by atoms with Gasteiger partial charge in [-0.2, -0.15) is 0 Å². The van der Waals surface area contributed by atoms with Crippen LogP contribution in [0.3, 0.4) is 0 Å². The minimum Gasteiger partial charge on any atom is -0.392 e. The Morgan fingerprint density at radius 1 is 1.57 bits per heavy atom. The van der Waals surface area contributed by atoms with E-state index < -0.39 is 0 Å². The first-order valence-corrected chi connectivity index (χ1v) is 7.29. The van der Waals surface area contributed by atoms with E-state index >= 15 is 0 Å². The van der Waals surface area contributed by atoms with Gasteiger partial charge in [0.2, 0.25) is 0 Å². The van der Waals surface area contributed by atoms with Crippen LogP contribution in [0.25, 0.3) is 10.1 Å². The molecule has 1 nitrogen and oxygen atoms in total. The second-order valence-corrected chi connectivity index (χ2v) is 5.76. The molecule has 0 aliphatic rings. The molecule has 0 fully saturated rings. The van der Waals surface area contributed by atoms with Crippen LogP contribution in [0.1, 0.15) is 5.56 Å². The Morgan fingerprint density at radius 3 is 3.00 bits per heavy atom. The molecule has 0 spiro atoms. The van der Waals surface area contributed by atoms with Gasteiger partial charge >= 0.3 is 0 Å². The van der Waals surface area contributed by atoms with Crippen molar-refractivity contribution in [1.82, 2.24) is 0 Å². The van der Waals surface area contributed by atoms with Crippen molar-refractivity contribution < 1.29 is 5.11 Å². The van der Waals surface area contributed by atoms with Crippen LogP contribution in [0, 0.1) is 3.57 Å². The zero-order valence-electron chi connectivity index (χ0n) is 7.58. The van der Waals surface area contributed by atoms with E-state index in [2.05, 4.69) is 46.4 Å². The molecule has 0 bridgehead atoms. The number of halogens is 1. The van der Waals surface area contributed by atoms with E-state index in [0.29, 0.717) is 0 Å². The molecule has 1 aromatic heterocycles. The fraction of sp³-hybridized carbons (Fsp3) is 0.200. The monoisotopic (exact) mass is 336 g/mol. The number of aliphatic hydroxyl groups is 1. The van der Waals surface area contributed by atoms with E-state index in [0.717, 1.165) is 5.56 Å². The summed E-state index contributed by atoms with van der Waals surface area (Å²) in [5.74, 6) is 0. The second-order valence-electron chi connectivity index (χ2n) is 2.87. The SMILES string of the molecule is CSc1c(I)cc2ccsc2c1CO. The Labute approximate surface area is 105 Å². The summed E-state index contributed by atoms with van der Waals surface area (Å²) in [4.78, 5) is 1.21. The molecule has 4 heteroatoms. The topological polar surface area (TPSA) is 20.2 Å². The predicted octanol–water partition coefficient (Wildman–Crippen LogP) is 3.72. The smallest absolute Gasteiger partial charge is 0.0707 e. The summed E-state index contributed by atoms with van der Waals surface area (Å²) in [6, 6.07) is 4.28. The van der Waals surface area contributed by atoms with Crippen LogP contribution >= 0.6 is 45.7 Å². The number of thiophene rings is 1. The van der Waals surface area contributed by atoms with Crippen molar-refractivity contribution in [1.29, 1.82) is 0 Å². The van der Waals surface area contributed by atoms with Crippen molar-refractivity contribution in [3.63, 3.8) is 0 Å². The maximum atomic E-state index is 9.38. The lowest BCUT2D eigenvalue weighted by atomic mass is 10.2. The number of benzene rings is 1. The fourth-order valence-electron chi connectivity index (χ4n) is 1.49. The molecule has 1 heterocycles. The summed E-state index contributed by atoms with van der Waals surface area (Å²) in [5, 5.41) is 12.7. The molecule has 74 valence electrons. The van der Waals surface area contributed by atoms with Crippen molar-refractivity contribution in [2.75, 3.05) is 6.26 Å². The third-order valence-electron chi connectivity index (χ3n) is 2.11. The van der Waals surface area contributed by atoms with Crippen LogP contribution in [0.5, 0.6) is 0 Å². The first-order chi connectivity index (χ1) is 6.77. The van der Waals surface area contributed by atoms with Gasteiger partial charge in [0.25, 0.3) is 0 Å². The first-order valence-electron chi connectivity index (χ1n) is 4.11. The Morgan fingerprint density at radius 2 is 2.36 bits per heavy atom. The molecule has 0 saturated heterocycles. The average molecular weight is 336 g/mol. The van der Waals surface area contributed by atoms with Crippen molar-refractivity contribution in [2.45, 2.75) is 11.5 Å². The van der Waals surface area contributed by atoms with Crippen molar-refractivity contribution >= 4 is 55.8 Å². The predicted molar refractivity (Wildman–Crippen MR) is 72.2 cm³/mol. The molecule has 0 saturated carbocycles. The molecule has 0 amide bonds.